The summed E-state index contributed by atoms with van der Waals surface area (Å²) in [5, 5.41) is 8.90. The van der Waals surface area contributed by atoms with Gasteiger partial charge in [-0.25, -0.2) is 9.97 Å². The first-order chi connectivity index (χ1) is 8.18. The van der Waals surface area contributed by atoms with Gasteiger partial charge in [0.2, 0.25) is 0 Å². The molecule has 1 unspecified atom stereocenters. The van der Waals surface area contributed by atoms with Crippen molar-refractivity contribution in [3.63, 3.8) is 0 Å². The zero-order chi connectivity index (χ0) is 12.3. The number of rotatable bonds is 3. The van der Waals surface area contributed by atoms with Gasteiger partial charge in [0.05, 0.1) is 11.6 Å². The maximum Gasteiger partial charge on any atom is 0.310 e. The Morgan fingerprint density at radius 3 is 2.47 bits per heavy atom. The zero-order valence-electron chi connectivity index (χ0n) is 9.37. The quantitative estimate of drug-likeness (QED) is 0.875. The van der Waals surface area contributed by atoms with Crippen LogP contribution in [0.3, 0.4) is 0 Å². The molecule has 1 heterocycles. The minimum Gasteiger partial charge on any atom is -0.481 e. The Labute approximate surface area is 99.0 Å². The fourth-order valence-electron chi connectivity index (χ4n) is 1.55. The molecule has 4 nitrogen and oxygen atoms in total. The van der Waals surface area contributed by atoms with Crippen LogP contribution in [0.5, 0.6) is 0 Å². The number of carbonyl (C=O) groups is 1. The molecular formula is C13H12N2O2. The Morgan fingerprint density at radius 1 is 1.24 bits per heavy atom. The van der Waals surface area contributed by atoms with E-state index in [0.29, 0.717) is 0 Å². The molecule has 0 spiro atoms. The van der Waals surface area contributed by atoms with Crippen molar-refractivity contribution in [2.75, 3.05) is 0 Å². The van der Waals surface area contributed by atoms with Crippen molar-refractivity contribution in [3.05, 3.63) is 48.4 Å². The molecule has 0 aliphatic heterocycles. The lowest BCUT2D eigenvalue weighted by atomic mass is 9.99. The van der Waals surface area contributed by atoms with E-state index in [0.717, 1.165) is 16.8 Å². The van der Waals surface area contributed by atoms with Gasteiger partial charge in [0, 0.05) is 11.8 Å². The monoisotopic (exact) mass is 228 g/mol. The first kappa shape index (κ1) is 11.3. The van der Waals surface area contributed by atoms with E-state index in [-0.39, 0.29) is 0 Å². The van der Waals surface area contributed by atoms with E-state index >= 15 is 0 Å². The second-order valence-electron chi connectivity index (χ2n) is 3.78. The molecule has 2 rings (SSSR count). The molecular weight excluding hydrogens is 216 g/mol. The molecule has 4 heteroatoms. The number of carboxylic acids is 1. The molecule has 1 N–H and O–H groups in total. The van der Waals surface area contributed by atoms with Crippen LogP contribution < -0.4 is 0 Å². The summed E-state index contributed by atoms with van der Waals surface area (Å²) in [6, 6.07) is 9.19. The molecule has 1 aromatic heterocycles. The first-order valence-electron chi connectivity index (χ1n) is 5.27. The van der Waals surface area contributed by atoms with Crippen molar-refractivity contribution in [2.24, 2.45) is 0 Å². The van der Waals surface area contributed by atoms with Gasteiger partial charge in [-0.15, -0.1) is 0 Å². The third kappa shape index (κ3) is 2.47. The van der Waals surface area contributed by atoms with Gasteiger partial charge in [0.1, 0.15) is 6.33 Å². The van der Waals surface area contributed by atoms with Crippen molar-refractivity contribution in [1.29, 1.82) is 0 Å². The molecule has 1 aromatic carbocycles. The van der Waals surface area contributed by atoms with Crippen LogP contribution in [-0.4, -0.2) is 21.0 Å². The van der Waals surface area contributed by atoms with Gasteiger partial charge in [-0.2, -0.15) is 0 Å². The standard InChI is InChI=1S/C13H12N2O2/c1-9(13(16)17)10-2-4-11(5-3-10)12-6-7-14-8-15-12/h2-9H,1H3,(H,16,17). The summed E-state index contributed by atoms with van der Waals surface area (Å²) in [6.07, 6.45) is 3.17. The van der Waals surface area contributed by atoms with E-state index in [2.05, 4.69) is 9.97 Å². The van der Waals surface area contributed by atoms with Crippen LogP contribution in [0.4, 0.5) is 0 Å². The van der Waals surface area contributed by atoms with Crippen LogP contribution in [0.25, 0.3) is 11.3 Å². The van der Waals surface area contributed by atoms with Gasteiger partial charge in [-0.3, -0.25) is 4.79 Å². The Kier molecular flexibility index (Phi) is 3.14. The molecule has 17 heavy (non-hydrogen) atoms. The van der Waals surface area contributed by atoms with Gasteiger partial charge in [-0.05, 0) is 18.6 Å². The van der Waals surface area contributed by atoms with Gasteiger partial charge in [0.25, 0.3) is 0 Å². The Bertz CT molecular complexity index is 509. The second-order valence-corrected chi connectivity index (χ2v) is 3.78. The molecule has 0 aliphatic rings. The third-order valence-corrected chi connectivity index (χ3v) is 2.66. The van der Waals surface area contributed by atoms with Crippen molar-refractivity contribution in [1.82, 2.24) is 9.97 Å². The Balaban J connectivity index is 2.28. The average Bonchev–Trinajstić information content (AvgIpc) is 2.39. The fourth-order valence-corrected chi connectivity index (χ4v) is 1.55. The lowest BCUT2D eigenvalue weighted by molar-refractivity contribution is -0.138. The van der Waals surface area contributed by atoms with E-state index in [9.17, 15) is 4.79 Å². The van der Waals surface area contributed by atoms with Gasteiger partial charge in [0.15, 0.2) is 0 Å². The molecule has 0 saturated heterocycles. The molecule has 2 aromatic rings. The smallest absolute Gasteiger partial charge is 0.310 e. The average molecular weight is 228 g/mol. The third-order valence-electron chi connectivity index (χ3n) is 2.66. The summed E-state index contributed by atoms with van der Waals surface area (Å²) in [6.45, 7) is 1.67. The lowest BCUT2D eigenvalue weighted by Gasteiger charge is -2.07. The van der Waals surface area contributed by atoms with Crippen LogP contribution in [0.1, 0.15) is 18.4 Å². The van der Waals surface area contributed by atoms with Crippen molar-refractivity contribution < 1.29 is 9.90 Å². The van der Waals surface area contributed by atoms with Crippen LogP contribution in [0, 0.1) is 0 Å². The Hall–Kier alpha value is -2.23. The predicted octanol–water partition coefficient (Wildman–Crippen LogP) is 2.33. The summed E-state index contributed by atoms with van der Waals surface area (Å²) in [5.41, 5.74) is 2.57. The topological polar surface area (TPSA) is 63.1 Å². The molecule has 0 amide bonds. The zero-order valence-corrected chi connectivity index (χ0v) is 9.37. The highest BCUT2D eigenvalue weighted by molar-refractivity contribution is 5.76. The number of benzene rings is 1. The van der Waals surface area contributed by atoms with E-state index < -0.39 is 11.9 Å². The minimum atomic E-state index is -0.820. The molecule has 1 atom stereocenters. The van der Waals surface area contributed by atoms with E-state index in [4.69, 9.17) is 5.11 Å². The molecule has 0 aliphatic carbocycles. The molecule has 0 saturated carbocycles. The summed E-state index contributed by atoms with van der Waals surface area (Å²) < 4.78 is 0. The number of aliphatic carboxylic acids is 1. The highest BCUT2D eigenvalue weighted by Crippen LogP contribution is 2.20. The summed E-state index contributed by atoms with van der Waals surface area (Å²) in [5.74, 6) is -1.31. The predicted molar refractivity (Wildman–Crippen MR) is 63.5 cm³/mol. The number of aromatic nitrogens is 2. The van der Waals surface area contributed by atoms with Gasteiger partial charge in [-0.1, -0.05) is 24.3 Å². The largest absolute Gasteiger partial charge is 0.481 e. The normalized spacial score (nSPS) is 12.1. The van der Waals surface area contributed by atoms with Gasteiger partial charge >= 0.3 is 5.97 Å². The van der Waals surface area contributed by atoms with Crippen LogP contribution >= 0.6 is 0 Å². The molecule has 0 bridgehead atoms. The fraction of sp³-hybridized carbons (Fsp3) is 0.154. The van der Waals surface area contributed by atoms with Crippen molar-refractivity contribution in [2.45, 2.75) is 12.8 Å². The number of carboxylic acid groups (broad SMARTS) is 1. The van der Waals surface area contributed by atoms with E-state index in [1.165, 1.54) is 6.33 Å². The van der Waals surface area contributed by atoms with Crippen LogP contribution in [0.2, 0.25) is 0 Å². The maximum absolute atomic E-state index is 10.8. The summed E-state index contributed by atoms with van der Waals surface area (Å²) in [7, 11) is 0. The maximum atomic E-state index is 10.8. The van der Waals surface area contributed by atoms with Crippen LogP contribution in [-0.2, 0) is 4.79 Å². The molecule has 0 radical (unpaired) electrons. The minimum absolute atomic E-state index is 0.491. The molecule has 86 valence electrons. The van der Waals surface area contributed by atoms with Gasteiger partial charge < -0.3 is 5.11 Å². The van der Waals surface area contributed by atoms with Crippen LogP contribution in [0.15, 0.2) is 42.9 Å². The lowest BCUT2D eigenvalue weighted by Crippen LogP contribution is -2.06. The highest BCUT2D eigenvalue weighted by atomic mass is 16.4. The Morgan fingerprint density at radius 2 is 1.94 bits per heavy atom. The van der Waals surface area contributed by atoms with Crippen molar-refractivity contribution in [3.8, 4) is 11.3 Å². The van der Waals surface area contributed by atoms with Crippen molar-refractivity contribution >= 4 is 5.97 Å². The van der Waals surface area contributed by atoms with E-state index in [1.54, 1.807) is 13.1 Å². The number of nitrogens with zero attached hydrogens (tertiary/aromatic N) is 2. The summed E-state index contributed by atoms with van der Waals surface area (Å²) in [4.78, 5) is 18.8. The first-order valence-corrected chi connectivity index (χ1v) is 5.27. The molecule has 0 fully saturated rings. The summed E-state index contributed by atoms with van der Waals surface area (Å²) >= 11 is 0. The number of hydrogen-bond acceptors (Lipinski definition) is 3. The van der Waals surface area contributed by atoms with E-state index in [1.807, 2.05) is 30.3 Å². The highest BCUT2D eigenvalue weighted by Gasteiger charge is 2.13. The second kappa shape index (κ2) is 4.74. The SMILES string of the molecule is CC(C(=O)O)c1ccc(-c2ccncn2)cc1. The number of hydrogen-bond donors (Lipinski definition) is 1.